The van der Waals surface area contributed by atoms with E-state index in [0.29, 0.717) is 38.6 Å². The van der Waals surface area contributed by atoms with E-state index in [2.05, 4.69) is 32.2 Å². The van der Waals surface area contributed by atoms with Crippen LogP contribution in [0.2, 0.25) is 0 Å². The minimum Gasteiger partial charge on any atom is -0.381 e. The number of para-hydroxylation sites is 1. The van der Waals surface area contributed by atoms with Gasteiger partial charge in [-0.15, -0.1) is 16.4 Å². The molecule has 6 rings (SSSR count). The van der Waals surface area contributed by atoms with Crippen LogP contribution in [0.3, 0.4) is 0 Å². The molecule has 0 saturated carbocycles. The van der Waals surface area contributed by atoms with Gasteiger partial charge in [-0.2, -0.15) is 0 Å². The van der Waals surface area contributed by atoms with Crippen molar-refractivity contribution in [1.82, 2.24) is 34.4 Å². The Kier molecular flexibility index (Phi) is 6.30. The average Bonchev–Trinajstić information content (AvgIpc) is 3.53. The second kappa shape index (κ2) is 10.1. The Morgan fingerprint density at radius 3 is 2.67 bits per heavy atom. The first-order valence-electron chi connectivity index (χ1n) is 12.4. The molecule has 0 radical (unpaired) electrons. The Hall–Kier alpha value is -5.34. The summed E-state index contributed by atoms with van der Waals surface area (Å²) in [6, 6.07) is 15.5. The fraction of sp³-hybridized carbons (Fsp3) is 0.103. The first-order chi connectivity index (χ1) is 19.4. The summed E-state index contributed by atoms with van der Waals surface area (Å²) in [5.74, 6) is 6.08. The zero-order valence-corrected chi connectivity index (χ0v) is 22.3. The normalized spacial score (nSPS) is 11.8. The van der Waals surface area contributed by atoms with Gasteiger partial charge in [0, 0.05) is 29.0 Å². The molecule has 2 aromatic carbocycles. The maximum Gasteiger partial charge on any atom is 0.267 e. The van der Waals surface area contributed by atoms with Gasteiger partial charge < -0.3 is 11.1 Å². The predicted octanol–water partition coefficient (Wildman–Crippen LogP) is 3.67. The molecular weight excluding hydrogens is 524 g/mol. The largest absolute Gasteiger partial charge is 0.381 e. The van der Waals surface area contributed by atoms with Gasteiger partial charge >= 0.3 is 0 Å². The highest BCUT2D eigenvalue weighted by Gasteiger charge is 2.24. The van der Waals surface area contributed by atoms with E-state index in [1.807, 2.05) is 42.6 Å². The molecule has 40 heavy (non-hydrogen) atoms. The number of fused-ring (bicyclic) bond motifs is 2. The molecule has 0 aliphatic rings. The number of aromatic nitrogens is 6. The van der Waals surface area contributed by atoms with Crippen LogP contribution in [-0.2, 0) is 0 Å². The summed E-state index contributed by atoms with van der Waals surface area (Å²) in [7, 11) is 0. The van der Waals surface area contributed by atoms with E-state index in [1.54, 1.807) is 43.6 Å². The highest BCUT2D eigenvalue weighted by atomic mass is 32.1. The molecule has 0 fully saturated rings. The van der Waals surface area contributed by atoms with Crippen LogP contribution in [0, 0.1) is 18.8 Å². The minimum absolute atomic E-state index is 0.0500. The van der Waals surface area contributed by atoms with Gasteiger partial charge in [-0.1, -0.05) is 30.2 Å². The number of carbonyl (C=O) groups excluding carboxylic acids is 1. The molecular formula is C29H22N8O2S. The lowest BCUT2D eigenvalue weighted by atomic mass is 10.1. The number of nitrogens with two attached hydrogens (primary N) is 1. The number of thiazole rings is 1. The molecule has 0 spiro atoms. The number of hydrogen-bond donors (Lipinski definition) is 2. The van der Waals surface area contributed by atoms with E-state index in [9.17, 15) is 9.59 Å². The first-order valence-corrected chi connectivity index (χ1v) is 13.2. The van der Waals surface area contributed by atoms with Crippen molar-refractivity contribution < 1.29 is 4.79 Å². The number of aryl methyl sites for hydroxylation is 1. The van der Waals surface area contributed by atoms with Crippen LogP contribution in [0.15, 0.2) is 77.2 Å². The van der Waals surface area contributed by atoms with Crippen molar-refractivity contribution in [2.24, 2.45) is 0 Å². The topological polar surface area (TPSA) is 133 Å². The van der Waals surface area contributed by atoms with Gasteiger partial charge in [0.25, 0.3) is 11.5 Å². The fourth-order valence-electron chi connectivity index (χ4n) is 4.46. The molecule has 3 N–H and O–H groups in total. The lowest BCUT2D eigenvalue weighted by molar-refractivity contribution is 0.0940. The molecule has 0 saturated heterocycles. The number of hydrogen-bond acceptors (Lipinski definition) is 8. The number of nitrogens with one attached hydrogen (secondary N) is 1. The monoisotopic (exact) mass is 546 g/mol. The van der Waals surface area contributed by atoms with Gasteiger partial charge in [-0.3, -0.25) is 14.2 Å². The van der Waals surface area contributed by atoms with Crippen molar-refractivity contribution in [3.8, 4) is 17.5 Å². The summed E-state index contributed by atoms with van der Waals surface area (Å²) in [6.07, 6.45) is 3.22. The standard InChI is InChI=1S/C29H22N8O2S/c1-17-16-40-22(32-17)13-12-19-8-6-11-21-23(19)29(39)37(20-9-4-3-5-10-20)26(34-21)18(2)33-28(38)24-25(30)35-36-15-7-14-31-27(24)36/h3-11,14-16,18H,1-2H3,(H2,30,35)(H,33,38)/t18-/m0/s1. The van der Waals surface area contributed by atoms with Crippen LogP contribution in [0.5, 0.6) is 0 Å². The fourth-order valence-corrected chi connectivity index (χ4v) is 5.10. The minimum atomic E-state index is -0.684. The summed E-state index contributed by atoms with van der Waals surface area (Å²) in [6.45, 7) is 3.67. The molecule has 0 aliphatic heterocycles. The number of amides is 1. The highest BCUT2D eigenvalue weighted by Crippen LogP contribution is 2.22. The van der Waals surface area contributed by atoms with Crippen LogP contribution >= 0.6 is 11.3 Å². The molecule has 4 heterocycles. The quantitative estimate of drug-likeness (QED) is 0.322. The van der Waals surface area contributed by atoms with E-state index >= 15 is 0 Å². The molecule has 11 heteroatoms. The highest BCUT2D eigenvalue weighted by molar-refractivity contribution is 7.10. The van der Waals surface area contributed by atoms with Crippen LogP contribution in [0.4, 0.5) is 5.82 Å². The lowest BCUT2D eigenvalue weighted by Crippen LogP contribution is -2.33. The molecule has 6 aromatic rings. The number of carbonyl (C=O) groups is 1. The number of nitrogen functional groups attached to an aromatic ring is 1. The number of anilines is 1. The zero-order valence-electron chi connectivity index (χ0n) is 21.5. The van der Waals surface area contributed by atoms with E-state index in [4.69, 9.17) is 10.7 Å². The van der Waals surface area contributed by atoms with Crippen LogP contribution < -0.4 is 16.6 Å². The van der Waals surface area contributed by atoms with Gasteiger partial charge in [0.1, 0.15) is 11.4 Å². The van der Waals surface area contributed by atoms with Gasteiger partial charge in [0.2, 0.25) is 0 Å². The predicted molar refractivity (Wildman–Crippen MR) is 153 cm³/mol. The molecule has 1 amide bonds. The third-order valence-electron chi connectivity index (χ3n) is 6.25. The van der Waals surface area contributed by atoms with Crippen molar-refractivity contribution in [2.45, 2.75) is 19.9 Å². The zero-order chi connectivity index (χ0) is 27.8. The molecule has 4 aromatic heterocycles. The van der Waals surface area contributed by atoms with Crippen molar-refractivity contribution in [1.29, 1.82) is 0 Å². The first kappa shape index (κ1) is 25.0. The van der Waals surface area contributed by atoms with Gasteiger partial charge in [-0.25, -0.2) is 19.5 Å². The van der Waals surface area contributed by atoms with Crippen LogP contribution in [-0.4, -0.2) is 35.0 Å². The van der Waals surface area contributed by atoms with E-state index in [0.717, 1.165) is 5.69 Å². The third kappa shape index (κ3) is 4.46. The van der Waals surface area contributed by atoms with Gasteiger partial charge in [0.15, 0.2) is 16.5 Å². The molecule has 0 unspecified atom stereocenters. The second-order valence-electron chi connectivity index (χ2n) is 9.03. The summed E-state index contributed by atoms with van der Waals surface area (Å²) < 4.78 is 2.95. The number of rotatable bonds is 4. The maximum absolute atomic E-state index is 14.1. The molecule has 0 aliphatic carbocycles. The van der Waals surface area contributed by atoms with Crippen molar-refractivity contribution in [3.05, 3.63) is 110 Å². The summed E-state index contributed by atoms with van der Waals surface area (Å²) in [5, 5.41) is 10.1. The molecule has 0 bridgehead atoms. The van der Waals surface area contributed by atoms with E-state index < -0.39 is 11.9 Å². The summed E-state index contributed by atoms with van der Waals surface area (Å²) >= 11 is 1.45. The average molecular weight is 547 g/mol. The van der Waals surface area contributed by atoms with Gasteiger partial charge in [-0.05, 0) is 50.1 Å². The molecule has 10 nitrogen and oxygen atoms in total. The third-order valence-corrected chi connectivity index (χ3v) is 7.12. The Morgan fingerprint density at radius 1 is 1.07 bits per heavy atom. The SMILES string of the molecule is Cc1csc(C#Cc2cccc3nc([C@H](C)NC(=O)c4c(N)nn5cccnc45)n(-c4ccccc4)c(=O)c23)n1. The van der Waals surface area contributed by atoms with Crippen molar-refractivity contribution in [3.63, 3.8) is 0 Å². The van der Waals surface area contributed by atoms with Crippen LogP contribution in [0.25, 0.3) is 22.2 Å². The maximum atomic E-state index is 14.1. The second-order valence-corrected chi connectivity index (χ2v) is 9.89. The Morgan fingerprint density at radius 2 is 1.90 bits per heavy atom. The number of benzene rings is 2. The summed E-state index contributed by atoms with van der Waals surface area (Å²) in [4.78, 5) is 41.0. The lowest BCUT2D eigenvalue weighted by Gasteiger charge is -2.20. The van der Waals surface area contributed by atoms with Crippen molar-refractivity contribution >= 4 is 39.6 Å². The van der Waals surface area contributed by atoms with Crippen molar-refractivity contribution in [2.75, 3.05) is 5.73 Å². The Bertz CT molecular complexity index is 2030. The molecule has 1 atom stereocenters. The Balaban J connectivity index is 1.48. The molecule has 196 valence electrons. The van der Waals surface area contributed by atoms with E-state index in [-0.39, 0.29) is 16.9 Å². The summed E-state index contributed by atoms with van der Waals surface area (Å²) in [5.41, 5.74) is 8.74. The Labute approximate surface area is 232 Å². The van der Waals surface area contributed by atoms with Crippen LogP contribution in [0.1, 0.15) is 45.4 Å². The smallest absolute Gasteiger partial charge is 0.267 e. The van der Waals surface area contributed by atoms with E-state index in [1.165, 1.54) is 20.4 Å². The van der Waals surface area contributed by atoms with Gasteiger partial charge in [0.05, 0.1) is 22.6 Å². The number of nitrogens with zero attached hydrogens (tertiary/aromatic N) is 6.